The highest BCUT2D eigenvalue weighted by molar-refractivity contribution is 9.10. The minimum absolute atomic E-state index is 0.588. The smallest absolute Gasteiger partial charge is 0.230 e. The van der Waals surface area contributed by atoms with Crippen LogP contribution in [0, 0.1) is 0 Å². The van der Waals surface area contributed by atoms with Gasteiger partial charge in [-0.1, -0.05) is 0 Å². The summed E-state index contributed by atoms with van der Waals surface area (Å²) in [7, 11) is 1.81. The van der Waals surface area contributed by atoms with Crippen LogP contribution in [0.25, 0.3) is 11.4 Å². The minimum Gasteiger partial charge on any atom is -0.357 e. The molecule has 0 atom stereocenters. The third-order valence-corrected chi connectivity index (χ3v) is 4.45. The van der Waals surface area contributed by atoms with E-state index >= 15 is 0 Å². The Kier molecular flexibility index (Phi) is 4.71. The molecule has 0 aromatic carbocycles. The summed E-state index contributed by atoms with van der Waals surface area (Å²) < 4.78 is 1.01. The maximum absolute atomic E-state index is 4.57. The van der Waals surface area contributed by atoms with Gasteiger partial charge in [-0.2, -0.15) is 26.3 Å². The molecule has 2 aromatic heterocycles. The first-order chi connectivity index (χ1) is 9.19. The molecule has 0 aliphatic rings. The predicted octanol–water partition coefficient (Wildman–Crippen LogP) is 3.25. The fraction of sp³-hybridized carbons (Fsp3) is 0.417. The van der Waals surface area contributed by atoms with Crippen molar-refractivity contribution >= 4 is 39.2 Å². The molecule has 2 heterocycles. The summed E-state index contributed by atoms with van der Waals surface area (Å²) in [5.41, 5.74) is 0.998. The number of hydrogen-bond donors (Lipinski definition) is 1. The van der Waals surface area contributed by atoms with Gasteiger partial charge in [-0.15, -0.1) is 0 Å². The lowest BCUT2D eigenvalue weighted by atomic mass is 10.3. The largest absolute Gasteiger partial charge is 0.357 e. The fourth-order valence-electron chi connectivity index (χ4n) is 1.69. The number of nitrogens with zero attached hydrogens (tertiary/aromatic N) is 4. The average Bonchev–Trinajstić information content (AvgIpc) is 2.86. The first-order valence-electron chi connectivity index (χ1n) is 6.10. The van der Waals surface area contributed by atoms with Crippen LogP contribution in [0.5, 0.6) is 0 Å². The lowest BCUT2D eigenvalue weighted by Gasteiger charge is -2.19. The second-order valence-corrected chi connectivity index (χ2v) is 5.44. The Bertz CT molecular complexity index is 553. The van der Waals surface area contributed by atoms with Gasteiger partial charge in [0.1, 0.15) is 0 Å². The Hall–Kier alpha value is -1.21. The molecule has 0 amide bonds. The van der Waals surface area contributed by atoms with Gasteiger partial charge in [0, 0.05) is 40.9 Å². The molecule has 0 radical (unpaired) electrons. The molecule has 0 aliphatic heterocycles. The topological polar surface area (TPSA) is 53.9 Å². The zero-order valence-electron chi connectivity index (χ0n) is 11.1. The van der Waals surface area contributed by atoms with Gasteiger partial charge in [-0.25, -0.2) is 0 Å². The summed E-state index contributed by atoms with van der Waals surface area (Å²) in [6.07, 6.45) is 0. The predicted molar refractivity (Wildman–Crippen MR) is 83.9 cm³/mol. The summed E-state index contributed by atoms with van der Waals surface area (Å²) in [5, 5.41) is 7.05. The molecule has 2 rings (SSSR count). The monoisotopic (exact) mass is 341 g/mol. The van der Waals surface area contributed by atoms with Gasteiger partial charge in [0.2, 0.25) is 11.9 Å². The molecule has 0 saturated heterocycles. The maximum atomic E-state index is 4.57. The fourth-order valence-corrected chi connectivity index (χ4v) is 3.14. The van der Waals surface area contributed by atoms with Crippen molar-refractivity contribution in [2.24, 2.45) is 0 Å². The SMILES string of the molecule is CCN(CC)c1nc(NC)nc(-c2cscc2Br)n1. The Balaban J connectivity index is 2.50. The van der Waals surface area contributed by atoms with E-state index < -0.39 is 0 Å². The molecule has 2 aromatic rings. The Morgan fingerprint density at radius 1 is 1.21 bits per heavy atom. The zero-order chi connectivity index (χ0) is 13.8. The first kappa shape index (κ1) is 14.2. The molecule has 0 bridgehead atoms. The van der Waals surface area contributed by atoms with E-state index in [1.165, 1.54) is 0 Å². The van der Waals surface area contributed by atoms with Crippen LogP contribution in [0.15, 0.2) is 15.2 Å². The van der Waals surface area contributed by atoms with Crippen molar-refractivity contribution in [1.82, 2.24) is 15.0 Å². The highest BCUT2D eigenvalue weighted by Crippen LogP contribution is 2.30. The van der Waals surface area contributed by atoms with Gasteiger partial charge in [-0.3, -0.25) is 0 Å². The third kappa shape index (κ3) is 3.03. The van der Waals surface area contributed by atoms with Crippen molar-refractivity contribution in [2.75, 3.05) is 30.4 Å². The normalized spacial score (nSPS) is 10.5. The first-order valence-corrected chi connectivity index (χ1v) is 7.84. The third-order valence-electron chi connectivity index (χ3n) is 2.75. The van der Waals surface area contributed by atoms with Crippen LogP contribution in [-0.4, -0.2) is 35.1 Å². The molecule has 102 valence electrons. The van der Waals surface area contributed by atoms with Gasteiger partial charge >= 0.3 is 0 Å². The summed E-state index contributed by atoms with van der Waals surface area (Å²) in [6.45, 7) is 5.92. The molecule has 7 heteroatoms. The number of hydrogen-bond acceptors (Lipinski definition) is 6. The quantitative estimate of drug-likeness (QED) is 0.904. The van der Waals surface area contributed by atoms with Crippen molar-refractivity contribution in [3.63, 3.8) is 0 Å². The van der Waals surface area contributed by atoms with Crippen LogP contribution in [0.4, 0.5) is 11.9 Å². The molecule has 1 N–H and O–H groups in total. The summed E-state index contributed by atoms with van der Waals surface area (Å²) >= 11 is 5.14. The van der Waals surface area contributed by atoms with E-state index in [1.54, 1.807) is 11.3 Å². The van der Waals surface area contributed by atoms with E-state index in [0.717, 1.165) is 23.1 Å². The van der Waals surface area contributed by atoms with Crippen molar-refractivity contribution in [2.45, 2.75) is 13.8 Å². The van der Waals surface area contributed by atoms with Crippen LogP contribution in [0.3, 0.4) is 0 Å². The molecule has 0 saturated carbocycles. The van der Waals surface area contributed by atoms with Crippen LogP contribution in [0.1, 0.15) is 13.8 Å². The molecule has 0 aliphatic carbocycles. The van der Waals surface area contributed by atoms with Gasteiger partial charge in [0.25, 0.3) is 0 Å². The molecular formula is C12H16BrN5S. The van der Waals surface area contributed by atoms with Crippen LogP contribution >= 0.6 is 27.3 Å². The van der Waals surface area contributed by atoms with Gasteiger partial charge in [0.05, 0.1) is 0 Å². The van der Waals surface area contributed by atoms with Gasteiger partial charge in [-0.05, 0) is 29.8 Å². The molecule has 5 nitrogen and oxygen atoms in total. The second-order valence-electron chi connectivity index (χ2n) is 3.84. The average molecular weight is 342 g/mol. The zero-order valence-corrected chi connectivity index (χ0v) is 13.5. The summed E-state index contributed by atoms with van der Waals surface area (Å²) in [4.78, 5) is 15.5. The highest BCUT2D eigenvalue weighted by Gasteiger charge is 2.14. The standard InChI is InChI=1S/C12H16BrN5S/c1-4-18(5-2)12-16-10(15-11(14-3)17-12)8-6-19-7-9(8)13/h6-7H,4-5H2,1-3H3,(H,14,15,16,17). The van der Waals surface area contributed by atoms with E-state index in [-0.39, 0.29) is 0 Å². The van der Waals surface area contributed by atoms with Crippen molar-refractivity contribution in [3.05, 3.63) is 15.2 Å². The van der Waals surface area contributed by atoms with Crippen LogP contribution < -0.4 is 10.2 Å². The lowest BCUT2D eigenvalue weighted by Crippen LogP contribution is -2.25. The summed E-state index contributed by atoms with van der Waals surface area (Å²) in [5.74, 6) is 1.98. The van der Waals surface area contributed by atoms with Crippen molar-refractivity contribution in [1.29, 1.82) is 0 Å². The lowest BCUT2D eigenvalue weighted by molar-refractivity contribution is 0.815. The van der Waals surface area contributed by atoms with Crippen molar-refractivity contribution in [3.8, 4) is 11.4 Å². The van der Waals surface area contributed by atoms with Crippen LogP contribution in [-0.2, 0) is 0 Å². The molecule has 0 spiro atoms. The number of nitrogens with one attached hydrogen (secondary N) is 1. The Labute approximate surface area is 125 Å². The van der Waals surface area contributed by atoms with Gasteiger partial charge in [0.15, 0.2) is 5.82 Å². The van der Waals surface area contributed by atoms with E-state index in [4.69, 9.17) is 0 Å². The number of aromatic nitrogens is 3. The molecule has 19 heavy (non-hydrogen) atoms. The Morgan fingerprint density at radius 2 is 1.95 bits per heavy atom. The van der Waals surface area contributed by atoms with Crippen LogP contribution in [0.2, 0.25) is 0 Å². The summed E-state index contributed by atoms with van der Waals surface area (Å²) in [6, 6.07) is 0. The molecular weight excluding hydrogens is 326 g/mol. The number of rotatable bonds is 5. The second kappa shape index (κ2) is 6.29. The molecule has 0 unspecified atom stereocenters. The number of thiophene rings is 1. The Morgan fingerprint density at radius 3 is 2.47 bits per heavy atom. The van der Waals surface area contributed by atoms with Crippen molar-refractivity contribution < 1.29 is 0 Å². The minimum atomic E-state index is 0.588. The number of anilines is 2. The van der Waals surface area contributed by atoms with E-state index in [1.807, 2.05) is 17.8 Å². The number of halogens is 1. The van der Waals surface area contributed by atoms with Gasteiger partial charge < -0.3 is 10.2 Å². The van der Waals surface area contributed by atoms with E-state index in [2.05, 4.69) is 54.9 Å². The van der Waals surface area contributed by atoms with E-state index in [9.17, 15) is 0 Å². The van der Waals surface area contributed by atoms with E-state index in [0.29, 0.717) is 17.7 Å². The molecule has 0 fully saturated rings. The maximum Gasteiger partial charge on any atom is 0.230 e. The highest BCUT2D eigenvalue weighted by atomic mass is 79.9.